The van der Waals surface area contributed by atoms with Crippen LogP contribution in [-0.4, -0.2) is 23.7 Å². The molecule has 1 N–H and O–H groups in total. The highest BCUT2D eigenvalue weighted by Crippen LogP contribution is 2.30. The highest BCUT2D eigenvalue weighted by atomic mass is 16.4. The Balaban J connectivity index is 2.36. The standard InChI is InChI=1S/C14H19NO2/c1-3-10(2)15-8-4-5-11-9-12(14(16)17)6-7-13(11)15/h6-7,9-10H,3-5,8H2,1-2H3,(H,16,17). The van der Waals surface area contributed by atoms with Crippen molar-refractivity contribution in [2.45, 2.75) is 39.2 Å². The molecule has 0 saturated heterocycles. The van der Waals surface area contributed by atoms with Crippen LogP contribution >= 0.6 is 0 Å². The number of carbonyl (C=O) groups is 1. The zero-order chi connectivity index (χ0) is 12.4. The summed E-state index contributed by atoms with van der Waals surface area (Å²) in [7, 11) is 0. The first kappa shape index (κ1) is 12.0. The molecule has 1 atom stereocenters. The van der Waals surface area contributed by atoms with Gasteiger partial charge in [0.05, 0.1) is 5.56 Å². The number of benzene rings is 1. The van der Waals surface area contributed by atoms with Gasteiger partial charge >= 0.3 is 5.97 Å². The average Bonchev–Trinajstić information content (AvgIpc) is 2.36. The lowest BCUT2D eigenvalue weighted by Gasteiger charge is -2.36. The SMILES string of the molecule is CCC(C)N1CCCc2cc(C(=O)O)ccc21. The molecule has 1 aliphatic heterocycles. The predicted molar refractivity (Wildman–Crippen MR) is 68.8 cm³/mol. The summed E-state index contributed by atoms with van der Waals surface area (Å²) in [5.74, 6) is -0.839. The van der Waals surface area contributed by atoms with E-state index in [9.17, 15) is 4.79 Å². The maximum Gasteiger partial charge on any atom is 0.335 e. The van der Waals surface area contributed by atoms with Gasteiger partial charge in [0.15, 0.2) is 0 Å². The topological polar surface area (TPSA) is 40.5 Å². The van der Waals surface area contributed by atoms with Gasteiger partial charge in [-0.1, -0.05) is 6.92 Å². The number of aromatic carboxylic acids is 1. The van der Waals surface area contributed by atoms with E-state index >= 15 is 0 Å². The monoisotopic (exact) mass is 233 g/mol. The van der Waals surface area contributed by atoms with Crippen LogP contribution in [0.2, 0.25) is 0 Å². The lowest BCUT2D eigenvalue weighted by molar-refractivity contribution is 0.0697. The Kier molecular flexibility index (Phi) is 3.36. The molecule has 0 spiro atoms. The van der Waals surface area contributed by atoms with Crippen molar-refractivity contribution in [1.82, 2.24) is 0 Å². The van der Waals surface area contributed by atoms with Crippen LogP contribution in [0.5, 0.6) is 0 Å². The second kappa shape index (κ2) is 4.78. The Bertz CT molecular complexity index is 428. The molecule has 0 fully saturated rings. The molecule has 17 heavy (non-hydrogen) atoms. The molecule has 1 unspecified atom stereocenters. The van der Waals surface area contributed by atoms with Gasteiger partial charge in [-0.25, -0.2) is 4.79 Å². The number of carboxylic acid groups (broad SMARTS) is 1. The van der Waals surface area contributed by atoms with E-state index in [4.69, 9.17) is 5.11 Å². The molecule has 0 aromatic heterocycles. The van der Waals surface area contributed by atoms with Gasteiger partial charge in [-0.3, -0.25) is 0 Å². The Labute approximate surface area is 102 Å². The number of anilines is 1. The fourth-order valence-corrected chi connectivity index (χ4v) is 2.44. The third-order valence-electron chi connectivity index (χ3n) is 3.60. The van der Waals surface area contributed by atoms with E-state index in [1.54, 1.807) is 6.07 Å². The van der Waals surface area contributed by atoms with Crippen LogP contribution in [0.3, 0.4) is 0 Å². The molecule has 1 heterocycles. The van der Waals surface area contributed by atoms with E-state index in [0.29, 0.717) is 11.6 Å². The van der Waals surface area contributed by atoms with Gasteiger partial charge in [0.2, 0.25) is 0 Å². The molecule has 1 aromatic rings. The summed E-state index contributed by atoms with van der Waals surface area (Å²) in [6, 6.07) is 6.02. The van der Waals surface area contributed by atoms with Gasteiger partial charge < -0.3 is 10.0 Å². The number of fused-ring (bicyclic) bond motifs is 1. The van der Waals surface area contributed by atoms with Gasteiger partial charge in [0.25, 0.3) is 0 Å². The normalized spacial score (nSPS) is 16.5. The van der Waals surface area contributed by atoms with E-state index in [1.807, 2.05) is 12.1 Å². The van der Waals surface area contributed by atoms with E-state index < -0.39 is 5.97 Å². The Morgan fingerprint density at radius 1 is 1.53 bits per heavy atom. The van der Waals surface area contributed by atoms with Crippen molar-refractivity contribution in [2.75, 3.05) is 11.4 Å². The van der Waals surface area contributed by atoms with Crippen LogP contribution in [0, 0.1) is 0 Å². The zero-order valence-electron chi connectivity index (χ0n) is 10.4. The van der Waals surface area contributed by atoms with Crippen LogP contribution in [0.4, 0.5) is 5.69 Å². The van der Waals surface area contributed by atoms with Crippen LogP contribution in [0.1, 0.15) is 42.6 Å². The number of hydrogen-bond donors (Lipinski definition) is 1. The number of rotatable bonds is 3. The Hall–Kier alpha value is -1.51. The summed E-state index contributed by atoms with van der Waals surface area (Å²) in [5.41, 5.74) is 2.79. The van der Waals surface area contributed by atoms with Crippen LogP contribution in [0.25, 0.3) is 0 Å². The summed E-state index contributed by atoms with van der Waals surface area (Å²) in [5, 5.41) is 8.99. The quantitative estimate of drug-likeness (QED) is 0.872. The molecule has 1 aromatic carbocycles. The Morgan fingerprint density at radius 2 is 2.29 bits per heavy atom. The van der Waals surface area contributed by atoms with Gasteiger partial charge in [0, 0.05) is 18.3 Å². The largest absolute Gasteiger partial charge is 0.478 e. The average molecular weight is 233 g/mol. The molecule has 0 amide bonds. The van der Waals surface area contributed by atoms with Crippen LogP contribution < -0.4 is 4.90 Å². The first-order valence-electron chi connectivity index (χ1n) is 6.26. The molecule has 3 nitrogen and oxygen atoms in total. The summed E-state index contributed by atoms with van der Waals surface area (Å²) >= 11 is 0. The first-order valence-corrected chi connectivity index (χ1v) is 6.26. The lowest BCUT2D eigenvalue weighted by atomic mass is 9.97. The van der Waals surface area contributed by atoms with Crippen molar-refractivity contribution in [3.63, 3.8) is 0 Å². The van der Waals surface area contributed by atoms with Crippen molar-refractivity contribution >= 4 is 11.7 Å². The van der Waals surface area contributed by atoms with E-state index in [1.165, 1.54) is 11.3 Å². The molecule has 1 aliphatic rings. The van der Waals surface area contributed by atoms with E-state index in [0.717, 1.165) is 25.8 Å². The maximum atomic E-state index is 10.9. The van der Waals surface area contributed by atoms with Crippen molar-refractivity contribution in [1.29, 1.82) is 0 Å². The summed E-state index contributed by atoms with van der Waals surface area (Å²) in [6.07, 6.45) is 3.21. The molecule has 2 rings (SSSR count). The highest BCUT2D eigenvalue weighted by Gasteiger charge is 2.21. The molecule has 3 heteroatoms. The number of nitrogens with zero attached hydrogens (tertiary/aromatic N) is 1. The first-order chi connectivity index (χ1) is 8.13. The summed E-state index contributed by atoms with van der Waals surface area (Å²) in [4.78, 5) is 13.3. The zero-order valence-corrected chi connectivity index (χ0v) is 10.4. The predicted octanol–water partition coefficient (Wildman–Crippen LogP) is 2.94. The summed E-state index contributed by atoms with van der Waals surface area (Å²) < 4.78 is 0. The second-order valence-electron chi connectivity index (χ2n) is 4.70. The minimum Gasteiger partial charge on any atom is -0.478 e. The third-order valence-corrected chi connectivity index (χ3v) is 3.60. The highest BCUT2D eigenvalue weighted by molar-refractivity contribution is 5.88. The molecule has 0 saturated carbocycles. The summed E-state index contributed by atoms with van der Waals surface area (Å²) in [6.45, 7) is 5.49. The van der Waals surface area contributed by atoms with Crippen LogP contribution in [-0.2, 0) is 6.42 Å². The van der Waals surface area contributed by atoms with Crippen molar-refractivity contribution in [2.24, 2.45) is 0 Å². The molecule has 0 aliphatic carbocycles. The van der Waals surface area contributed by atoms with Crippen molar-refractivity contribution in [3.05, 3.63) is 29.3 Å². The van der Waals surface area contributed by atoms with E-state index in [2.05, 4.69) is 18.7 Å². The molecule has 0 bridgehead atoms. The smallest absolute Gasteiger partial charge is 0.335 e. The van der Waals surface area contributed by atoms with Crippen molar-refractivity contribution < 1.29 is 9.90 Å². The number of aryl methyl sites for hydroxylation is 1. The fourth-order valence-electron chi connectivity index (χ4n) is 2.44. The van der Waals surface area contributed by atoms with E-state index in [-0.39, 0.29) is 0 Å². The minimum absolute atomic E-state index is 0.398. The van der Waals surface area contributed by atoms with Gasteiger partial charge in [0.1, 0.15) is 0 Å². The van der Waals surface area contributed by atoms with Crippen LogP contribution in [0.15, 0.2) is 18.2 Å². The minimum atomic E-state index is -0.839. The maximum absolute atomic E-state index is 10.9. The van der Waals surface area contributed by atoms with Crippen molar-refractivity contribution in [3.8, 4) is 0 Å². The number of carboxylic acids is 1. The molecule has 92 valence electrons. The van der Waals surface area contributed by atoms with Gasteiger partial charge in [-0.05, 0) is 49.9 Å². The second-order valence-corrected chi connectivity index (χ2v) is 4.70. The Morgan fingerprint density at radius 3 is 2.94 bits per heavy atom. The third kappa shape index (κ3) is 2.28. The number of hydrogen-bond acceptors (Lipinski definition) is 2. The molecular weight excluding hydrogens is 214 g/mol. The lowest BCUT2D eigenvalue weighted by Crippen LogP contribution is -2.36. The van der Waals surface area contributed by atoms with Gasteiger partial charge in [-0.2, -0.15) is 0 Å². The molecule has 0 radical (unpaired) electrons. The fraction of sp³-hybridized carbons (Fsp3) is 0.500. The van der Waals surface area contributed by atoms with Gasteiger partial charge in [-0.15, -0.1) is 0 Å². The molecular formula is C14H19NO2.